The minimum absolute atomic E-state index is 0.106. The summed E-state index contributed by atoms with van der Waals surface area (Å²) in [5, 5.41) is 10.2. The fraction of sp³-hybridized carbons (Fsp3) is 0.368. The lowest BCUT2D eigenvalue weighted by Crippen LogP contribution is -2.48. The van der Waals surface area contributed by atoms with Crippen LogP contribution in [-0.4, -0.2) is 52.8 Å². The van der Waals surface area contributed by atoms with Gasteiger partial charge in [0.05, 0.1) is 6.54 Å². The highest BCUT2D eigenvalue weighted by Gasteiger charge is 2.25. The van der Waals surface area contributed by atoms with Crippen molar-refractivity contribution in [3.05, 3.63) is 54.2 Å². The van der Waals surface area contributed by atoms with E-state index in [2.05, 4.69) is 15.5 Å². The molecule has 27 heavy (non-hydrogen) atoms. The largest absolute Gasteiger partial charge is 0.471 e. The van der Waals surface area contributed by atoms with Crippen LogP contribution >= 0.6 is 0 Å². The predicted octanol–water partition coefficient (Wildman–Crippen LogP) is 1.77. The third-order valence-corrected chi connectivity index (χ3v) is 4.16. The number of carbonyl (C=O) groups is 2. The number of carbonyl (C=O) groups excluding carboxylic acids is 2. The van der Waals surface area contributed by atoms with Crippen molar-refractivity contribution >= 4 is 12.0 Å². The quantitative estimate of drug-likeness (QED) is 0.833. The van der Waals surface area contributed by atoms with Gasteiger partial charge in [0.2, 0.25) is 11.8 Å². The second-order valence-corrected chi connectivity index (χ2v) is 6.20. The van der Waals surface area contributed by atoms with Gasteiger partial charge in [-0.2, -0.15) is 5.10 Å². The van der Waals surface area contributed by atoms with Crippen LogP contribution in [0.4, 0.5) is 4.79 Å². The lowest BCUT2D eigenvalue weighted by Gasteiger charge is -2.32. The lowest BCUT2D eigenvalue weighted by atomic mass is 10.1. The average molecular weight is 370 g/mol. The number of ether oxygens (including phenoxy) is 2. The van der Waals surface area contributed by atoms with E-state index in [1.165, 1.54) is 0 Å². The number of rotatable bonds is 6. The molecule has 0 bridgehead atoms. The number of nitrogens with one attached hydrogen (secondary N) is 1. The Morgan fingerprint density at radius 2 is 2.04 bits per heavy atom. The number of hydrogen-bond donors (Lipinski definition) is 1. The molecule has 1 unspecified atom stereocenters. The van der Waals surface area contributed by atoms with Gasteiger partial charge in [-0.1, -0.05) is 30.3 Å². The van der Waals surface area contributed by atoms with E-state index in [1.54, 1.807) is 23.2 Å². The first-order valence-corrected chi connectivity index (χ1v) is 8.87. The van der Waals surface area contributed by atoms with Crippen LogP contribution in [0.15, 0.2) is 48.7 Å². The zero-order valence-corrected chi connectivity index (χ0v) is 14.9. The lowest BCUT2D eigenvalue weighted by molar-refractivity contribution is -0.132. The summed E-state index contributed by atoms with van der Waals surface area (Å²) in [5.74, 6) is 0.276. The van der Waals surface area contributed by atoms with Gasteiger partial charge in [0.15, 0.2) is 0 Å². The molecule has 1 N–H and O–H groups in total. The minimum atomic E-state index is -0.614. The summed E-state index contributed by atoms with van der Waals surface area (Å²) < 4.78 is 10.9. The van der Waals surface area contributed by atoms with Crippen molar-refractivity contribution in [2.75, 3.05) is 19.6 Å². The fourth-order valence-electron chi connectivity index (χ4n) is 2.82. The highest BCUT2D eigenvalue weighted by molar-refractivity contribution is 5.82. The third-order valence-electron chi connectivity index (χ3n) is 4.16. The summed E-state index contributed by atoms with van der Waals surface area (Å²) in [6.07, 6.45) is 2.50. The number of aromatic nitrogens is 2. The molecular weight excluding hydrogens is 348 g/mol. The van der Waals surface area contributed by atoms with Crippen LogP contribution in [0.3, 0.4) is 0 Å². The highest BCUT2D eigenvalue weighted by atomic mass is 16.5. The molecular formula is C19H22N4O4. The summed E-state index contributed by atoms with van der Waals surface area (Å²) >= 11 is 0. The number of benzene rings is 1. The zero-order chi connectivity index (χ0) is 18.9. The van der Waals surface area contributed by atoms with Crippen LogP contribution in [0.25, 0.3) is 0 Å². The maximum atomic E-state index is 12.3. The molecule has 8 nitrogen and oxygen atoms in total. The van der Waals surface area contributed by atoms with E-state index < -0.39 is 6.09 Å². The van der Waals surface area contributed by atoms with E-state index >= 15 is 0 Å². The molecule has 1 aliphatic rings. The summed E-state index contributed by atoms with van der Waals surface area (Å²) in [5.41, 5.74) is 0.888. The van der Waals surface area contributed by atoms with Gasteiger partial charge in [0.1, 0.15) is 19.3 Å². The molecule has 0 spiro atoms. The molecule has 2 heterocycles. The van der Waals surface area contributed by atoms with Crippen LogP contribution in [-0.2, 0) is 16.1 Å². The molecule has 0 radical (unpaired) electrons. The van der Waals surface area contributed by atoms with Gasteiger partial charge in [0.25, 0.3) is 0 Å². The van der Waals surface area contributed by atoms with Crippen LogP contribution in [0.1, 0.15) is 18.4 Å². The Morgan fingerprint density at radius 1 is 1.19 bits per heavy atom. The second kappa shape index (κ2) is 9.51. The molecule has 0 aliphatic carbocycles. The Labute approximate surface area is 157 Å². The third kappa shape index (κ3) is 5.95. The fourth-order valence-corrected chi connectivity index (χ4v) is 2.82. The van der Waals surface area contributed by atoms with Gasteiger partial charge < -0.3 is 19.7 Å². The van der Waals surface area contributed by atoms with Crippen molar-refractivity contribution in [2.24, 2.45) is 0 Å². The summed E-state index contributed by atoms with van der Waals surface area (Å²) in [6.45, 7) is 1.15. The van der Waals surface area contributed by atoms with Crippen molar-refractivity contribution in [2.45, 2.75) is 25.6 Å². The van der Waals surface area contributed by atoms with E-state index in [1.807, 2.05) is 30.3 Å². The van der Waals surface area contributed by atoms with Gasteiger partial charge in [-0.15, -0.1) is 5.10 Å². The van der Waals surface area contributed by atoms with Crippen LogP contribution < -0.4 is 10.1 Å². The Kier molecular flexibility index (Phi) is 6.56. The molecule has 3 rings (SSSR count). The van der Waals surface area contributed by atoms with Crippen LogP contribution in [0.2, 0.25) is 0 Å². The molecule has 1 aliphatic heterocycles. The topological polar surface area (TPSA) is 93.7 Å². The predicted molar refractivity (Wildman–Crippen MR) is 96.9 cm³/mol. The molecule has 142 valence electrons. The van der Waals surface area contributed by atoms with E-state index in [-0.39, 0.29) is 25.2 Å². The van der Waals surface area contributed by atoms with Crippen molar-refractivity contribution in [3.8, 4) is 5.88 Å². The number of amides is 2. The van der Waals surface area contributed by atoms with E-state index in [0.717, 1.165) is 18.4 Å². The van der Waals surface area contributed by atoms with Gasteiger partial charge >= 0.3 is 6.09 Å². The average Bonchev–Trinajstić information content (AvgIpc) is 2.72. The molecule has 8 heteroatoms. The first-order valence-electron chi connectivity index (χ1n) is 8.87. The van der Waals surface area contributed by atoms with E-state index in [0.29, 0.717) is 19.0 Å². The molecule has 2 amide bonds. The van der Waals surface area contributed by atoms with Gasteiger partial charge in [0, 0.05) is 18.8 Å². The first-order chi connectivity index (χ1) is 13.2. The summed E-state index contributed by atoms with van der Waals surface area (Å²) in [6, 6.07) is 12.8. The molecule has 0 saturated carbocycles. The Morgan fingerprint density at radius 3 is 2.81 bits per heavy atom. The number of alkyl carbamates (subject to hydrolysis) is 1. The van der Waals surface area contributed by atoms with Crippen molar-refractivity contribution < 1.29 is 19.1 Å². The standard InChI is InChI=1S/C19H22N4O4/c24-18(12-20-19(25)26-14-15-6-2-1-3-7-15)23-11-5-8-16(13-23)27-17-9-4-10-21-22-17/h1-4,6-7,9-10,16H,5,8,11-14H2,(H,20,25). The Bertz CT molecular complexity index is 742. The SMILES string of the molecule is O=C(NCC(=O)N1CCCC(Oc2cccnn2)C1)OCc1ccccc1. The number of likely N-dealkylation sites (tertiary alicyclic amines) is 1. The van der Waals surface area contributed by atoms with Crippen LogP contribution in [0.5, 0.6) is 5.88 Å². The Balaban J connectivity index is 1.40. The monoisotopic (exact) mass is 370 g/mol. The van der Waals surface area contributed by atoms with Crippen molar-refractivity contribution in [1.82, 2.24) is 20.4 Å². The number of hydrogen-bond acceptors (Lipinski definition) is 6. The van der Waals surface area contributed by atoms with E-state index in [9.17, 15) is 9.59 Å². The minimum Gasteiger partial charge on any atom is -0.471 e. The molecule has 1 atom stereocenters. The molecule has 1 aromatic carbocycles. The summed E-state index contributed by atoms with van der Waals surface area (Å²) in [7, 11) is 0. The number of piperidine rings is 1. The maximum absolute atomic E-state index is 12.3. The zero-order valence-electron chi connectivity index (χ0n) is 14.9. The van der Waals surface area contributed by atoms with E-state index in [4.69, 9.17) is 9.47 Å². The van der Waals surface area contributed by atoms with Gasteiger partial charge in [-0.3, -0.25) is 4.79 Å². The van der Waals surface area contributed by atoms with Crippen molar-refractivity contribution in [1.29, 1.82) is 0 Å². The van der Waals surface area contributed by atoms with Crippen molar-refractivity contribution in [3.63, 3.8) is 0 Å². The normalized spacial score (nSPS) is 16.4. The second-order valence-electron chi connectivity index (χ2n) is 6.20. The number of nitrogens with zero attached hydrogens (tertiary/aromatic N) is 3. The molecule has 1 aromatic heterocycles. The van der Waals surface area contributed by atoms with Crippen LogP contribution in [0, 0.1) is 0 Å². The van der Waals surface area contributed by atoms with Gasteiger partial charge in [-0.05, 0) is 24.5 Å². The molecule has 2 aromatic rings. The smallest absolute Gasteiger partial charge is 0.407 e. The first kappa shape index (κ1) is 18.6. The highest BCUT2D eigenvalue weighted by Crippen LogP contribution is 2.16. The molecule has 1 fully saturated rings. The summed E-state index contributed by atoms with van der Waals surface area (Å²) in [4.78, 5) is 25.8. The van der Waals surface area contributed by atoms with Gasteiger partial charge in [-0.25, -0.2) is 4.79 Å². The maximum Gasteiger partial charge on any atom is 0.407 e. The molecule has 1 saturated heterocycles. The Hall–Kier alpha value is -3.16.